The lowest BCUT2D eigenvalue weighted by Crippen LogP contribution is -2.29. The van der Waals surface area contributed by atoms with Crippen molar-refractivity contribution in [1.29, 1.82) is 0 Å². The van der Waals surface area contributed by atoms with Gasteiger partial charge < -0.3 is 15.2 Å². The Balaban J connectivity index is 2.61. The number of nitrogen functional groups attached to an aromatic ring is 1. The molecule has 0 aliphatic rings. The van der Waals surface area contributed by atoms with Crippen LogP contribution in [0.15, 0.2) is 18.2 Å². The predicted octanol–water partition coefficient (Wildman–Crippen LogP) is 2.06. The van der Waals surface area contributed by atoms with Crippen LogP contribution in [0.5, 0.6) is 0 Å². The normalized spacial score (nSPS) is 11.2. The van der Waals surface area contributed by atoms with Gasteiger partial charge in [-0.15, -0.1) is 0 Å². The number of ether oxygens (including phenoxy) is 2. The molecule has 1 aromatic rings. The van der Waals surface area contributed by atoms with Crippen molar-refractivity contribution in [3.8, 4) is 0 Å². The van der Waals surface area contributed by atoms with E-state index in [4.69, 9.17) is 15.2 Å². The highest BCUT2D eigenvalue weighted by Gasteiger charge is 2.08. The number of methoxy groups -OCH3 is 2. The van der Waals surface area contributed by atoms with E-state index in [1.165, 1.54) is 11.1 Å². The third kappa shape index (κ3) is 5.59. The van der Waals surface area contributed by atoms with Crippen LogP contribution in [-0.4, -0.2) is 45.4 Å². The molecule has 0 spiro atoms. The minimum atomic E-state index is 0.744. The molecule has 4 heteroatoms. The Morgan fingerprint density at radius 2 is 1.84 bits per heavy atom. The lowest BCUT2D eigenvalue weighted by Gasteiger charge is -2.23. The fourth-order valence-electron chi connectivity index (χ4n) is 2.04. The standard InChI is InChI=1S/C15H26N2O2/c1-13-14(6-4-7-15(13)16)12-17(9-11-19-3)8-5-10-18-2/h4,6-7H,5,8-12,16H2,1-3H3. The summed E-state index contributed by atoms with van der Waals surface area (Å²) in [6.07, 6.45) is 1.03. The lowest BCUT2D eigenvalue weighted by atomic mass is 10.1. The van der Waals surface area contributed by atoms with Crippen LogP contribution in [0.1, 0.15) is 17.5 Å². The molecule has 0 aromatic heterocycles. The highest BCUT2D eigenvalue weighted by Crippen LogP contribution is 2.17. The van der Waals surface area contributed by atoms with Crippen LogP contribution < -0.4 is 5.73 Å². The summed E-state index contributed by atoms with van der Waals surface area (Å²) in [5.74, 6) is 0. The van der Waals surface area contributed by atoms with E-state index in [0.717, 1.165) is 45.0 Å². The molecule has 0 aliphatic heterocycles. The first kappa shape index (κ1) is 16.0. The molecular weight excluding hydrogens is 240 g/mol. The zero-order valence-electron chi connectivity index (χ0n) is 12.3. The predicted molar refractivity (Wildman–Crippen MR) is 79.2 cm³/mol. The van der Waals surface area contributed by atoms with E-state index in [2.05, 4.69) is 17.9 Å². The van der Waals surface area contributed by atoms with Gasteiger partial charge in [0, 0.05) is 46.1 Å². The maximum Gasteiger partial charge on any atom is 0.0589 e. The second kappa shape index (κ2) is 8.91. The van der Waals surface area contributed by atoms with Gasteiger partial charge in [0.15, 0.2) is 0 Å². The first-order valence-corrected chi connectivity index (χ1v) is 6.73. The molecule has 0 amide bonds. The molecule has 0 unspecified atom stereocenters. The Morgan fingerprint density at radius 1 is 1.11 bits per heavy atom. The van der Waals surface area contributed by atoms with E-state index < -0.39 is 0 Å². The first-order valence-electron chi connectivity index (χ1n) is 6.73. The van der Waals surface area contributed by atoms with Gasteiger partial charge in [-0.05, 0) is 30.5 Å². The lowest BCUT2D eigenvalue weighted by molar-refractivity contribution is 0.129. The van der Waals surface area contributed by atoms with Crippen LogP contribution in [0.2, 0.25) is 0 Å². The van der Waals surface area contributed by atoms with Gasteiger partial charge in [0.2, 0.25) is 0 Å². The van der Waals surface area contributed by atoms with Crippen molar-refractivity contribution in [1.82, 2.24) is 4.90 Å². The van der Waals surface area contributed by atoms with Crippen molar-refractivity contribution in [2.75, 3.05) is 46.3 Å². The molecule has 2 N–H and O–H groups in total. The van der Waals surface area contributed by atoms with E-state index in [0.29, 0.717) is 0 Å². The zero-order valence-corrected chi connectivity index (χ0v) is 12.3. The average molecular weight is 266 g/mol. The summed E-state index contributed by atoms with van der Waals surface area (Å²) < 4.78 is 10.3. The molecule has 0 heterocycles. The Labute approximate surface area is 116 Å². The minimum absolute atomic E-state index is 0.744. The molecule has 0 saturated heterocycles. The highest BCUT2D eigenvalue weighted by molar-refractivity contribution is 5.49. The molecule has 4 nitrogen and oxygen atoms in total. The molecular formula is C15H26N2O2. The van der Waals surface area contributed by atoms with Crippen molar-refractivity contribution < 1.29 is 9.47 Å². The molecule has 1 rings (SSSR count). The SMILES string of the molecule is COCCCN(CCOC)Cc1cccc(N)c1C. The summed E-state index contributed by atoms with van der Waals surface area (Å²) in [5, 5.41) is 0. The van der Waals surface area contributed by atoms with Crippen molar-refractivity contribution >= 4 is 5.69 Å². The number of benzene rings is 1. The van der Waals surface area contributed by atoms with Gasteiger partial charge >= 0.3 is 0 Å². The maximum atomic E-state index is 5.95. The molecule has 0 radical (unpaired) electrons. The molecule has 108 valence electrons. The summed E-state index contributed by atoms with van der Waals surface area (Å²) in [5.41, 5.74) is 9.28. The van der Waals surface area contributed by atoms with Crippen molar-refractivity contribution in [3.05, 3.63) is 29.3 Å². The first-order chi connectivity index (χ1) is 9.19. The quantitative estimate of drug-likeness (QED) is 0.549. The number of hydrogen-bond donors (Lipinski definition) is 1. The van der Waals surface area contributed by atoms with Crippen molar-refractivity contribution in [2.24, 2.45) is 0 Å². The number of hydrogen-bond acceptors (Lipinski definition) is 4. The van der Waals surface area contributed by atoms with Crippen molar-refractivity contribution in [3.63, 3.8) is 0 Å². The summed E-state index contributed by atoms with van der Waals surface area (Å²) in [4.78, 5) is 2.38. The van der Waals surface area contributed by atoms with Crippen LogP contribution in [0.3, 0.4) is 0 Å². The Bertz CT molecular complexity index is 369. The van der Waals surface area contributed by atoms with Gasteiger partial charge in [-0.3, -0.25) is 4.90 Å². The zero-order chi connectivity index (χ0) is 14.1. The fourth-order valence-corrected chi connectivity index (χ4v) is 2.04. The molecule has 0 bridgehead atoms. The second-order valence-corrected chi connectivity index (χ2v) is 4.75. The average Bonchev–Trinajstić information content (AvgIpc) is 2.41. The van der Waals surface area contributed by atoms with Gasteiger partial charge in [-0.2, -0.15) is 0 Å². The fraction of sp³-hybridized carbons (Fsp3) is 0.600. The largest absolute Gasteiger partial charge is 0.399 e. The van der Waals surface area contributed by atoms with Gasteiger partial charge in [-0.25, -0.2) is 0 Å². The highest BCUT2D eigenvalue weighted by atomic mass is 16.5. The molecule has 0 saturated carbocycles. The molecule has 19 heavy (non-hydrogen) atoms. The third-order valence-corrected chi connectivity index (χ3v) is 3.32. The maximum absolute atomic E-state index is 5.95. The van der Waals surface area contributed by atoms with E-state index in [1.807, 2.05) is 12.1 Å². The summed E-state index contributed by atoms with van der Waals surface area (Å²) in [7, 11) is 3.47. The Morgan fingerprint density at radius 3 is 2.53 bits per heavy atom. The van der Waals surface area contributed by atoms with Crippen LogP contribution in [0, 0.1) is 6.92 Å². The molecule has 0 atom stereocenters. The minimum Gasteiger partial charge on any atom is -0.399 e. The van der Waals surface area contributed by atoms with E-state index >= 15 is 0 Å². The topological polar surface area (TPSA) is 47.7 Å². The van der Waals surface area contributed by atoms with Gasteiger partial charge in [0.25, 0.3) is 0 Å². The van der Waals surface area contributed by atoms with Crippen LogP contribution in [-0.2, 0) is 16.0 Å². The smallest absolute Gasteiger partial charge is 0.0589 e. The van der Waals surface area contributed by atoms with Gasteiger partial charge in [0.05, 0.1) is 6.61 Å². The second-order valence-electron chi connectivity index (χ2n) is 4.75. The summed E-state index contributed by atoms with van der Waals surface area (Å²) >= 11 is 0. The molecule has 1 aromatic carbocycles. The Kier molecular flexibility index (Phi) is 7.48. The van der Waals surface area contributed by atoms with E-state index in [1.54, 1.807) is 14.2 Å². The van der Waals surface area contributed by atoms with E-state index in [9.17, 15) is 0 Å². The third-order valence-electron chi connectivity index (χ3n) is 3.32. The van der Waals surface area contributed by atoms with E-state index in [-0.39, 0.29) is 0 Å². The van der Waals surface area contributed by atoms with Crippen LogP contribution >= 0.6 is 0 Å². The summed E-state index contributed by atoms with van der Waals surface area (Å²) in [6.45, 7) is 6.45. The number of rotatable bonds is 9. The van der Waals surface area contributed by atoms with Gasteiger partial charge in [-0.1, -0.05) is 12.1 Å². The number of nitrogens with two attached hydrogens (primary N) is 1. The molecule has 0 aliphatic carbocycles. The number of nitrogens with zero attached hydrogens (tertiary/aromatic N) is 1. The Hall–Kier alpha value is -1.10. The van der Waals surface area contributed by atoms with Crippen LogP contribution in [0.25, 0.3) is 0 Å². The summed E-state index contributed by atoms with van der Waals surface area (Å²) in [6, 6.07) is 6.10. The monoisotopic (exact) mass is 266 g/mol. The number of anilines is 1. The van der Waals surface area contributed by atoms with Crippen molar-refractivity contribution in [2.45, 2.75) is 19.9 Å². The van der Waals surface area contributed by atoms with Crippen LogP contribution in [0.4, 0.5) is 5.69 Å². The van der Waals surface area contributed by atoms with Gasteiger partial charge in [0.1, 0.15) is 0 Å². The molecule has 0 fully saturated rings.